The number of aromatic nitrogens is 2. The highest BCUT2D eigenvalue weighted by Crippen LogP contribution is 2.20. The first-order valence-electron chi connectivity index (χ1n) is 6.15. The molecular formula is C12H17N3O4. The molecule has 1 fully saturated rings. The van der Waals surface area contributed by atoms with Crippen LogP contribution in [0.3, 0.4) is 0 Å². The molecule has 0 spiro atoms. The van der Waals surface area contributed by atoms with E-state index < -0.39 is 12.6 Å². The lowest BCUT2D eigenvalue weighted by molar-refractivity contribution is -0.139. The number of methoxy groups -OCH3 is 1. The SMILES string of the molecule is COCc1cc(OCC(=O)O)nc(N2CCCC2)n1. The molecule has 7 nitrogen and oxygen atoms in total. The van der Waals surface area contributed by atoms with Gasteiger partial charge in [-0.3, -0.25) is 0 Å². The first kappa shape index (κ1) is 13.5. The number of hydrogen-bond donors (Lipinski definition) is 1. The third-order valence-corrected chi connectivity index (χ3v) is 2.77. The summed E-state index contributed by atoms with van der Waals surface area (Å²) in [7, 11) is 1.58. The van der Waals surface area contributed by atoms with E-state index in [0.29, 0.717) is 18.2 Å². The number of anilines is 1. The van der Waals surface area contributed by atoms with Gasteiger partial charge in [0.1, 0.15) is 0 Å². The van der Waals surface area contributed by atoms with Crippen molar-refractivity contribution in [3.05, 3.63) is 11.8 Å². The molecule has 0 amide bonds. The van der Waals surface area contributed by atoms with Gasteiger partial charge in [-0.1, -0.05) is 0 Å². The fourth-order valence-corrected chi connectivity index (χ4v) is 1.95. The van der Waals surface area contributed by atoms with Crippen molar-refractivity contribution in [3.63, 3.8) is 0 Å². The van der Waals surface area contributed by atoms with Crippen molar-refractivity contribution in [2.45, 2.75) is 19.4 Å². The van der Waals surface area contributed by atoms with E-state index in [9.17, 15) is 4.79 Å². The van der Waals surface area contributed by atoms with E-state index in [1.165, 1.54) is 0 Å². The topological polar surface area (TPSA) is 84.8 Å². The number of rotatable bonds is 6. The molecular weight excluding hydrogens is 250 g/mol. The highest BCUT2D eigenvalue weighted by atomic mass is 16.5. The van der Waals surface area contributed by atoms with Crippen molar-refractivity contribution >= 4 is 11.9 Å². The molecule has 1 aromatic heterocycles. The molecule has 2 heterocycles. The van der Waals surface area contributed by atoms with Gasteiger partial charge in [0.15, 0.2) is 6.61 Å². The molecule has 0 unspecified atom stereocenters. The van der Waals surface area contributed by atoms with Gasteiger partial charge in [-0.2, -0.15) is 4.98 Å². The van der Waals surface area contributed by atoms with Crippen molar-refractivity contribution in [3.8, 4) is 5.88 Å². The summed E-state index contributed by atoms with van der Waals surface area (Å²) in [5.74, 6) is -0.187. The molecule has 1 aliphatic heterocycles. The van der Waals surface area contributed by atoms with Gasteiger partial charge in [0.2, 0.25) is 11.8 Å². The number of carboxylic acid groups (broad SMARTS) is 1. The molecule has 2 rings (SSSR count). The Morgan fingerprint density at radius 2 is 2.16 bits per heavy atom. The normalized spacial score (nSPS) is 14.7. The monoisotopic (exact) mass is 267 g/mol. The number of aliphatic carboxylic acids is 1. The fourth-order valence-electron chi connectivity index (χ4n) is 1.95. The van der Waals surface area contributed by atoms with Gasteiger partial charge >= 0.3 is 5.97 Å². The Kier molecular flexibility index (Phi) is 4.51. The van der Waals surface area contributed by atoms with Crippen molar-refractivity contribution in [2.75, 3.05) is 31.7 Å². The minimum atomic E-state index is -1.03. The summed E-state index contributed by atoms with van der Waals surface area (Å²) in [6, 6.07) is 1.60. The van der Waals surface area contributed by atoms with E-state index in [-0.39, 0.29) is 5.88 Å². The molecule has 0 aliphatic carbocycles. The number of ether oxygens (including phenoxy) is 2. The lowest BCUT2D eigenvalue weighted by Crippen LogP contribution is -2.21. The summed E-state index contributed by atoms with van der Waals surface area (Å²) >= 11 is 0. The second kappa shape index (κ2) is 6.33. The maximum Gasteiger partial charge on any atom is 0.341 e. The molecule has 104 valence electrons. The third-order valence-electron chi connectivity index (χ3n) is 2.77. The smallest absolute Gasteiger partial charge is 0.341 e. The van der Waals surface area contributed by atoms with Crippen LogP contribution in [0.2, 0.25) is 0 Å². The minimum Gasteiger partial charge on any atom is -0.479 e. The highest BCUT2D eigenvalue weighted by molar-refractivity contribution is 5.68. The van der Waals surface area contributed by atoms with Crippen LogP contribution < -0.4 is 9.64 Å². The van der Waals surface area contributed by atoms with Gasteiger partial charge in [-0.05, 0) is 12.8 Å². The molecule has 0 radical (unpaired) electrons. The average Bonchev–Trinajstić information content (AvgIpc) is 2.90. The van der Waals surface area contributed by atoms with Gasteiger partial charge in [0.05, 0.1) is 12.3 Å². The highest BCUT2D eigenvalue weighted by Gasteiger charge is 2.17. The Morgan fingerprint density at radius 1 is 1.42 bits per heavy atom. The van der Waals surface area contributed by atoms with Crippen LogP contribution in [-0.4, -0.2) is 47.8 Å². The lowest BCUT2D eigenvalue weighted by atomic mass is 10.4. The summed E-state index contributed by atoms with van der Waals surface area (Å²) in [5, 5.41) is 8.62. The maximum absolute atomic E-state index is 10.5. The zero-order chi connectivity index (χ0) is 13.7. The van der Waals surface area contributed by atoms with Crippen molar-refractivity contribution in [2.24, 2.45) is 0 Å². The van der Waals surface area contributed by atoms with Crippen molar-refractivity contribution < 1.29 is 19.4 Å². The predicted molar refractivity (Wildman–Crippen MR) is 67.3 cm³/mol. The Bertz CT molecular complexity index is 447. The number of carbonyl (C=O) groups is 1. The second-order valence-corrected chi connectivity index (χ2v) is 4.31. The van der Waals surface area contributed by atoms with E-state index >= 15 is 0 Å². The summed E-state index contributed by atoms with van der Waals surface area (Å²) in [4.78, 5) is 21.2. The molecule has 1 aromatic rings. The van der Waals surface area contributed by atoms with E-state index in [4.69, 9.17) is 14.6 Å². The molecule has 0 aromatic carbocycles. The van der Waals surface area contributed by atoms with Crippen LogP contribution in [0.4, 0.5) is 5.95 Å². The maximum atomic E-state index is 10.5. The summed E-state index contributed by atoms with van der Waals surface area (Å²) in [6.07, 6.45) is 2.23. The molecule has 19 heavy (non-hydrogen) atoms. The van der Waals surface area contributed by atoms with Crippen LogP contribution in [0.5, 0.6) is 5.88 Å². The Balaban J connectivity index is 2.18. The lowest BCUT2D eigenvalue weighted by Gasteiger charge is -2.16. The first-order valence-corrected chi connectivity index (χ1v) is 6.15. The van der Waals surface area contributed by atoms with Crippen molar-refractivity contribution in [1.29, 1.82) is 0 Å². The summed E-state index contributed by atoms with van der Waals surface area (Å²) in [6.45, 7) is 1.75. The first-order chi connectivity index (χ1) is 9.19. The quantitative estimate of drug-likeness (QED) is 0.811. The van der Waals surface area contributed by atoms with E-state index in [0.717, 1.165) is 25.9 Å². The molecule has 0 atom stereocenters. The Hall–Kier alpha value is -1.89. The predicted octanol–water partition coefficient (Wildman–Crippen LogP) is 0.687. The van der Waals surface area contributed by atoms with E-state index in [1.807, 2.05) is 0 Å². The van der Waals surface area contributed by atoms with Crippen LogP contribution in [0, 0.1) is 0 Å². The molecule has 1 N–H and O–H groups in total. The van der Waals surface area contributed by atoms with Crippen LogP contribution in [-0.2, 0) is 16.1 Å². The van der Waals surface area contributed by atoms with Crippen LogP contribution in [0.1, 0.15) is 18.5 Å². The zero-order valence-corrected chi connectivity index (χ0v) is 10.8. The van der Waals surface area contributed by atoms with Gasteiger partial charge < -0.3 is 19.5 Å². The number of nitrogens with zero attached hydrogens (tertiary/aromatic N) is 3. The average molecular weight is 267 g/mol. The second-order valence-electron chi connectivity index (χ2n) is 4.31. The van der Waals surface area contributed by atoms with Crippen LogP contribution in [0.25, 0.3) is 0 Å². The Labute approximate surface area is 111 Å². The van der Waals surface area contributed by atoms with Crippen molar-refractivity contribution in [1.82, 2.24) is 9.97 Å². The summed E-state index contributed by atoms with van der Waals surface area (Å²) in [5.41, 5.74) is 0.680. The minimum absolute atomic E-state index is 0.270. The van der Waals surface area contributed by atoms with Gasteiger partial charge in [-0.15, -0.1) is 0 Å². The number of carboxylic acids is 1. The van der Waals surface area contributed by atoms with Gasteiger partial charge in [-0.25, -0.2) is 9.78 Å². The molecule has 1 aliphatic rings. The zero-order valence-electron chi connectivity index (χ0n) is 10.8. The standard InChI is InChI=1S/C12H17N3O4/c1-18-7-9-6-10(19-8-11(16)17)14-12(13-9)15-4-2-3-5-15/h6H,2-5,7-8H2,1H3,(H,16,17). The number of hydrogen-bond acceptors (Lipinski definition) is 6. The molecule has 7 heteroatoms. The van der Waals surface area contributed by atoms with Gasteiger partial charge in [0, 0.05) is 26.3 Å². The molecule has 0 saturated carbocycles. The Morgan fingerprint density at radius 3 is 2.79 bits per heavy atom. The summed E-state index contributed by atoms with van der Waals surface area (Å²) < 4.78 is 10.2. The third kappa shape index (κ3) is 3.78. The largest absolute Gasteiger partial charge is 0.479 e. The van der Waals surface area contributed by atoms with E-state index in [2.05, 4.69) is 14.9 Å². The van der Waals surface area contributed by atoms with Gasteiger partial charge in [0.25, 0.3) is 0 Å². The molecule has 1 saturated heterocycles. The van der Waals surface area contributed by atoms with E-state index in [1.54, 1.807) is 13.2 Å². The fraction of sp³-hybridized carbons (Fsp3) is 0.583. The van der Waals surface area contributed by atoms with Crippen LogP contribution >= 0.6 is 0 Å². The van der Waals surface area contributed by atoms with Crippen LogP contribution in [0.15, 0.2) is 6.07 Å². The molecule has 0 bridgehead atoms.